The van der Waals surface area contributed by atoms with Gasteiger partial charge in [-0.3, -0.25) is 9.48 Å². The molecule has 0 bridgehead atoms. The fraction of sp³-hybridized carbons (Fsp3) is 0.444. The van der Waals surface area contributed by atoms with E-state index in [-0.39, 0.29) is 5.91 Å². The maximum atomic E-state index is 12.8. The molecule has 0 unspecified atom stereocenters. The molecule has 1 aromatic heterocycles. The summed E-state index contributed by atoms with van der Waals surface area (Å²) in [6.07, 6.45) is 5.76. The van der Waals surface area contributed by atoms with Gasteiger partial charge in [0.2, 0.25) is 0 Å². The lowest BCUT2D eigenvalue weighted by molar-refractivity contribution is 0.0733. The van der Waals surface area contributed by atoms with E-state index in [1.165, 1.54) is 16.0 Å². The molecule has 1 amide bonds. The average molecular weight is 329 g/mol. The van der Waals surface area contributed by atoms with E-state index in [0.717, 1.165) is 37.2 Å². The summed E-state index contributed by atoms with van der Waals surface area (Å²) in [5.41, 5.74) is 4.35. The van der Waals surface area contributed by atoms with Crippen molar-refractivity contribution < 1.29 is 4.79 Å². The second-order valence-corrected chi connectivity index (χ2v) is 6.86. The highest BCUT2D eigenvalue weighted by molar-refractivity contribution is 7.98. The van der Waals surface area contributed by atoms with Gasteiger partial charge in [0, 0.05) is 30.2 Å². The molecule has 0 N–H and O–H groups in total. The number of benzene rings is 1. The minimum absolute atomic E-state index is 0.101. The lowest BCUT2D eigenvalue weighted by Gasteiger charge is -2.29. The summed E-state index contributed by atoms with van der Waals surface area (Å²) in [6.45, 7) is 6.44. The van der Waals surface area contributed by atoms with E-state index in [0.29, 0.717) is 6.54 Å². The topological polar surface area (TPSA) is 38.1 Å². The molecule has 23 heavy (non-hydrogen) atoms. The normalized spacial score (nSPS) is 14.0. The molecule has 0 saturated carbocycles. The Morgan fingerprint density at radius 3 is 2.91 bits per heavy atom. The first-order chi connectivity index (χ1) is 11.1. The third-order valence-corrected chi connectivity index (χ3v) is 5.21. The largest absolute Gasteiger partial charge is 0.334 e. The molecule has 1 aliphatic rings. The third-order valence-electron chi connectivity index (χ3n) is 4.48. The number of nitrogens with zero attached hydrogens (tertiary/aromatic N) is 3. The summed E-state index contributed by atoms with van der Waals surface area (Å²) in [7, 11) is 0. The molecule has 0 fully saturated rings. The van der Waals surface area contributed by atoms with Crippen LogP contribution < -0.4 is 0 Å². The van der Waals surface area contributed by atoms with Gasteiger partial charge >= 0.3 is 0 Å². The van der Waals surface area contributed by atoms with Crippen LogP contribution in [0.4, 0.5) is 0 Å². The van der Waals surface area contributed by atoms with Crippen LogP contribution in [0.2, 0.25) is 0 Å². The molecule has 0 radical (unpaired) electrons. The Morgan fingerprint density at radius 2 is 2.17 bits per heavy atom. The summed E-state index contributed by atoms with van der Waals surface area (Å²) < 4.78 is 1.93. The SMILES string of the molecule is CCCn1ncc(C(=O)N2CCc3cc(SC)ccc3C2)c1C. The summed E-state index contributed by atoms with van der Waals surface area (Å²) in [6, 6.07) is 6.56. The number of amides is 1. The summed E-state index contributed by atoms with van der Waals surface area (Å²) >= 11 is 1.76. The van der Waals surface area contributed by atoms with Gasteiger partial charge in [-0.25, -0.2) is 0 Å². The van der Waals surface area contributed by atoms with Crippen molar-refractivity contribution in [1.29, 1.82) is 0 Å². The van der Waals surface area contributed by atoms with Crippen molar-refractivity contribution in [3.63, 3.8) is 0 Å². The van der Waals surface area contributed by atoms with Crippen LogP contribution >= 0.6 is 11.8 Å². The summed E-state index contributed by atoms with van der Waals surface area (Å²) in [5, 5.41) is 4.35. The van der Waals surface area contributed by atoms with Crippen LogP contribution in [-0.2, 0) is 19.5 Å². The van der Waals surface area contributed by atoms with Gasteiger partial charge in [0.05, 0.1) is 11.8 Å². The maximum Gasteiger partial charge on any atom is 0.257 e. The second kappa shape index (κ2) is 6.79. The van der Waals surface area contributed by atoms with Crippen molar-refractivity contribution in [3.05, 3.63) is 46.8 Å². The number of hydrogen-bond donors (Lipinski definition) is 0. The van der Waals surface area contributed by atoms with Crippen LogP contribution in [0.1, 0.15) is 40.5 Å². The predicted octanol–water partition coefficient (Wildman–Crippen LogP) is 3.52. The molecular weight excluding hydrogens is 306 g/mol. The zero-order valence-electron chi connectivity index (χ0n) is 14.0. The molecule has 1 aromatic carbocycles. The maximum absolute atomic E-state index is 12.8. The van der Waals surface area contributed by atoms with Crippen molar-refractivity contribution in [2.75, 3.05) is 12.8 Å². The first kappa shape index (κ1) is 16.1. The molecule has 2 heterocycles. The van der Waals surface area contributed by atoms with E-state index >= 15 is 0 Å². The first-order valence-electron chi connectivity index (χ1n) is 8.11. The molecule has 122 valence electrons. The minimum atomic E-state index is 0.101. The van der Waals surface area contributed by atoms with Crippen LogP contribution in [0.15, 0.2) is 29.3 Å². The molecule has 4 nitrogen and oxygen atoms in total. The minimum Gasteiger partial charge on any atom is -0.334 e. The lowest BCUT2D eigenvalue weighted by atomic mass is 9.99. The van der Waals surface area contributed by atoms with Gasteiger partial charge in [-0.05, 0) is 49.3 Å². The van der Waals surface area contributed by atoms with Gasteiger partial charge in [0.15, 0.2) is 0 Å². The first-order valence-corrected chi connectivity index (χ1v) is 9.34. The van der Waals surface area contributed by atoms with Gasteiger partial charge in [-0.1, -0.05) is 13.0 Å². The van der Waals surface area contributed by atoms with Crippen LogP contribution in [0.25, 0.3) is 0 Å². The van der Waals surface area contributed by atoms with E-state index in [9.17, 15) is 4.79 Å². The van der Waals surface area contributed by atoms with Crippen molar-refractivity contribution >= 4 is 17.7 Å². The van der Waals surface area contributed by atoms with Crippen LogP contribution in [0, 0.1) is 6.92 Å². The number of carbonyl (C=O) groups is 1. The highest BCUT2D eigenvalue weighted by Gasteiger charge is 2.24. The molecule has 3 rings (SSSR count). The zero-order valence-corrected chi connectivity index (χ0v) is 14.8. The second-order valence-electron chi connectivity index (χ2n) is 5.98. The Hall–Kier alpha value is -1.75. The highest BCUT2D eigenvalue weighted by Crippen LogP contribution is 2.25. The van der Waals surface area contributed by atoms with Crippen molar-refractivity contribution in [1.82, 2.24) is 14.7 Å². The smallest absolute Gasteiger partial charge is 0.257 e. The standard InChI is InChI=1S/C18H23N3OS/c1-4-8-21-13(2)17(11-19-21)18(22)20-9-7-14-10-16(23-3)6-5-15(14)12-20/h5-6,10-11H,4,7-9,12H2,1-3H3. The fourth-order valence-electron chi connectivity index (χ4n) is 3.09. The van der Waals surface area contributed by atoms with Crippen LogP contribution in [-0.4, -0.2) is 33.4 Å². The number of hydrogen-bond acceptors (Lipinski definition) is 3. The summed E-state index contributed by atoms with van der Waals surface area (Å²) in [4.78, 5) is 16.1. The molecule has 2 aromatic rings. The van der Waals surface area contributed by atoms with Gasteiger partial charge in [-0.2, -0.15) is 5.10 Å². The quantitative estimate of drug-likeness (QED) is 0.806. The van der Waals surface area contributed by atoms with Crippen LogP contribution in [0.3, 0.4) is 0 Å². The van der Waals surface area contributed by atoms with Gasteiger partial charge in [0.25, 0.3) is 5.91 Å². The van der Waals surface area contributed by atoms with Crippen molar-refractivity contribution in [2.24, 2.45) is 0 Å². The number of aryl methyl sites for hydroxylation is 1. The van der Waals surface area contributed by atoms with Crippen LogP contribution in [0.5, 0.6) is 0 Å². The molecule has 1 aliphatic heterocycles. The Bertz CT molecular complexity index is 723. The number of rotatable bonds is 4. The predicted molar refractivity (Wildman–Crippen MR) is 93.9 cm³/mol. The van der Waals surface area contributed by atoms with Gasteiger partial charge in [0.1, 0.15) is 0 Å². The Balaban J connectivity index is 1.79. The number of carbonyl (C=O) groups excluding carboxylic acids is 1. The van der Waals surface area contributed by atoms with E-state index in [1.54, 1.807) is 18.0 Å². The molecule has 0 spiro atoms. The Morgan fingerprint density at radius 1 is 1.35 bits per heavy atom. The zero-order chi connectivity index (χ0) is 16.4. The molecule has 0 aliphatic carbocycles. The molecule has 0 saturated heterocycles. The third kappa shape index (κ3) is 3.15. The number of thioether (sulfide) groups is 1. The fourth-order valence-corrected chi connectivity index (χ4v) is 3.56. The van der Waals surface area contributed by atoms with Crippen molar-refractivity contribution in [2.45, 2.75) is 44.7 Å². The van der Waals surface area contributed by atoms with E-state index in [4.69, 9.17) is 0 Å². The highest BCUT2D eigenvalue weighted by atomic mass is 32.2. The number of aromatic nitrogens is 2. The van der Waals surface area contributed by atoms with E-state index in [1.807, 2.05) is 16.5 Å². The molecule has 5 heteroatoms. The lowest BCUT2D eigenvalue weighted by Crippen LogP contribution is -2.36. The monoisotopic (exact) mass is 329 g/mol. The average Bonchev–Trinajstić information content (AvgIpc) is 2.94. The van der Waals surface area contributed by atoms with Crippen molar-refractivity contribution in [3.8, 4) is 0 Å². The Labute approximate surface area is 141 Å². The number of fused-ring (bicyclic) bond motifs is 1. The molecular formula is C18H23N3OS. The molecule has 0 atom stereocenters. The summed E-state index contributed by atoms with van der Waals surface area (Å²) in [5.74, 6) is 0.101. The van der Waals surface area contributed by atoms with E-state index in [2.05, 4.69) is 36.5 Å². The van der Waals surface area contributed by atoms with Gasteiger partial charge < -0.3 is 4.90 Å². The van der Waals surface area contributed by atoms with E-state index < -0.39 is 0 Å². The Kier molecular flexibility index (Phi) is 4.76. The van der Waals surface area contributed by atoms with Gasteiger partial charge in [-0.15, -0.1) is 11.8 Å².